The fourth-order valence-corrected chi connectivity index (χ4v) is 5.40. The third kappa shape index (κ3) is 6.49. The summed E-state index contributed by atoms with van der Waals surface area (Å²) in [7, 11) is -3.18. The van der Waals surface area contributed by atoms with Gasteiger partial charge in [-0.05, 0) is 48.6 Å². The lowest BCUT2D eigenvalue weighted by atomic mass is 10.1. The van der Waals surface area contributed by atoms with Crippen LogP contribution < -0.4 is 11.1 Å². The molecule has 0 spiro atoms. The lowest BCUT2D eigenvalue weighted by molar-refractivity contribution is 0.299. The van der Waals surface area contributed by atoms with E-state index in [2.05, 4.69) is 25.4 Å². The smallest absolute Gasteiger partial charge is 0.263 e. The summed E-state index contributed by atoms with van der Waals surface area (Å²) in [6.07, 6.45) is 3.63. The zero-order valence-electron chi connectivity index (χ0n) is 20.8. The van der Waals surface area contributed by atoms with Gasteiger partial charge in [-0.3, -0.25) is 0 Å². The normalized spacial score (nSPS) is 13.9. The second-order valence-corrected chi connectivity index (χ2v) is 11.0. The van der Waals surface area contributed by atoms with E-state index in [1.165, 1.54) is 11.8 Å². The summed E-state index contributed by atoms with van der Waals surface area (Å²) in [5, 5.41) is 15.5. The lowest BCUT2D eigenvalue weighted by Crippen LogP contribution is -2.16. The van der Waals surface area contributed by atoms with Gasteiger partial charge in [0.25, 0.3) is 5.89 Å². The Labute approximate surface area is 215 Å². The summed E-state index contributed by atoms with van der Waals surface area (Å²) in [6.45, 7) is 4.17. The number of aromatic nitrogens is 4. The van der Waals surface area contributed by atoms with Crippen LogP contribution in [0.4, 0.5) is 17.5 Å². The number of nitrogens with one attached hydrogen (secondary N) is 1. The standard InChI is InChI=1S/C18H20N6O3S.C8H10O/c1-10(2)16-23-17(27-24-16)13-9-20-18(22-15(13)19)21-12-5-6-14-11(8-12)4-3-7-28(14,25)26;9-7-6-8-4-2-1-3-5-8/h5-6,8-10H,3-4,7H2,1-2H3,(H3,19,20,21,22);1-5,9H,6-7H2. The fourth-order valence-electron chi connectivity index (χ4n) is 3.82. The molecule has 0 saturated carbocycles. The third-order valence-electron chi connectivity index (χ3n) is 5.76. The number of aryl methyl sites for hydroxylation is 1. The summed E-state index contributed by atoms with van der Waals surface area (Å²) >= 11 is 0. The van der Waals surface area contributed by atoms with Crippen molar-refractivity contribution < 1.29 is 18.0 Å². The average molecular weight is 523 g/mol. The fraction of sp³-hybridized carbons (Fsp3) is 0.308. The molecule has 0 bridgehead atoms. The van der Waals surface area contributed by atoms with E-state index < -0.39 is 9.84 Å². The van der Waals surface area contributed by atoms with Gasteiger partial charge in [0, 0.05) is 24.4 Å². The Kier molecular flexibility index (Phi) is 8.14. The van der Waals surface area contributed by atoms with Crippen molar-refractivity contribution in [3.63, 3.8) is 0 Å². The zero-order valence-corrected chi connectivity index (χ0v) is 21.6. The number of hydrogen-bond acceptors (Lipinski definition) is 10. The molecule has 10 nitrogen and oxygen atoms in total. The molecule has 4 N–H and O–H groups in total. The van der Waals surface area contributed by atoms with Crippen LogP contribution in [0.3, 0.4) is 0 Å². The Morgan fingerprint density at radius 3 is 2.59 bits per heavy atom. The van der Waals surface area contributed by atoms with E-state index in [0.717, 1.165) is 18.4 Å². The zero-order chi connectivity index (χ0) is 26.4. The van der Waals surface area contributed by atoms with Crippen molar-refractivity contribution in [1.29, 1.82) is 0 Å². The molecule has 2 aromatic heterocycles. The number of nitrogens with zero attached hydrogens (tertiary/aromatic N) is 4. The molecule has 37 heavy (non-hydrogen) atoms. The highest BCUT2D eigenvalue weighted by molar-refractivity contribution is 7.91. The molecule has 1 aliphatic heterocycles. The molecular formula is C26H30N6O4S. The predicted octanol–water partition coefficient (Wildman–Crippen LogP) is 3.92. The molecule has 0 fully saturated rings. The number of anilines is 3. The van der Waals surface area contributed by atoms with Gasteiger partial charge in [0.1, 0.15) is 11.4 Å². The van der Waals surface area contributed by atoms with Crippen LogP contribution in [0.1, 0.15) is 43.1 Å². The maximum absolute atomic E-state index is 12.1. The van der Waals surface area contributed by atoms with Gasteiger partial charge in [0.2, 0.25) is 5.95 Å². The Balaban J connectivity index is 0.000000301. The van der Waals surface area contributed by atoms with E-state index in [0.29, 0.717) is 34.3 Å². The number of fused-ring (bicyclic) bond motifs is 1. The SMILES string of the molecule is CC(C)c1noc(-c2cnc(Nc3ccc4c(c3)CCCS4(=O)=O)nc2N)n1.OCCc1ccccc1. The van der Waals surface area contributed by atoms with E-state index in [-0.39, 0.29) is 30.0 Å². The molecule has 0 aliphatic carbocycles. The maximum atomic E-state index is 12.1. The van der Waals surface area contributed by atoms with Gasteiger partial charge in [-0.1, -0.05) is 49.3 Å². The van der Waals surface area contributed by atoms with E-state index in [9.17, 15) is 8.42 Å². The Morgan fingerprint density at radius 2 is 1.92 bits per heavy atom. The van der Waals surface area contributed by atoms with Crippen LogP contribution >= 0.6 is 0 Å². The highest BCUT2D eigenvalue weighted by Gasteiger charge is 2.23. The topological polar surface area (TPSA) is 157 Å². The lowest BCUT2D eigenvalue weighted by Gasteiger charge is -2.17. The largest absolute Gasteiger partial charge is 0.396 e. The van der Waals surface area contributed by atoms with E-state index >= 15 is 0 Å². The summed E-state index contributed by atoms with van der Waals surface area (Å²) in [5.41, 5.74) is 9.19. The van der Waals surface area contributed by atoms with Gasteiger partial charge in [0.15, 0.2) is 15.7 Å². The van der Waals surface area contributed by atoms with Gasteiger partial charge in [0.05, 0.1) is 10.6 Å². The van der Waals surface area contributed by atoms with E-state index in [4.69, 9.17) is 15.4 Å². The van der Waals surface area contributed by atoms with Gasteiger partial charge in [-0.25, -0.2) is 13.4 Å². The third-order valence-corrected chi connectivity index (χ3v) is 7.66. The number of nitrogen functional groups attached to an aromatic ring is 1. The summed E-state index contributed by atoms with van der Waals surface area (Å²) < 4.78 is 29.5. The molecule has 11 heteroatoms. The van der Waals surface area contributed by atoms with Crippen molar-refractivity contribution in [2.24, 2.45) is 0 Å². The minimum Gasteiger partial charge on any atom is -0.396 e. The molecule has 4 aromatic rings. The molecule has 2 aromatic carbocycles. The van der Waals surface area contributed by atoms with Crippen LogP contribution in [0.5, 0.6) is 0 Å². The van der Waals surface area contributed by atoms with Crippen molar-refractivity contribution >= 4 is 27.3 Å². The van der Waals surface area contributed by atoms with Crippen LogP contribution in [0, 0.1) is 0 Å². The molecule has 194 valence electrons. The monoisotopic (exact) mass is 522 g/mol. The number of rotatable bonds is 6. The first kappa shape index (κ1) is 26.2. The van der Waals surface area contributed by atoms with Crippen molar-refractivity contribution in [3.8, 4) is 11.5 Å². The second kappa shape index (κ2) is 11.5. The molecular weight excluding hydrogens is 492 g/mol. The highest BCUT2D eigenvalue weighted by Crippen LogP contribution is 2.29. The number of aliphatic hydroxyl groups is 1. The van der Waals surface area contributed by atoms with Gasteiger partial charge >= 0.3 is 0 Å². The van der Waals surface area contributed by atoms with Crippen LogP contribution in [0.2, 0.25) is 0 Å². The van der Waals surface area contributed by atoms with Crippen LogP contribution in [-0.4, -0.2) is 46.0 Å². The van der Waals surface area contributed by atoms with Crippen LogP contribution in [0.15, 0.2) is 64.1 Å². The molecule has 0 radical (unpaired) electrons. The second-order valence-electron chi connectivity index (χ2n) is 8.93. The van der Waals surface area contributed by atoms with E-state index in [1.807, 2.05) is 50.2 Å². The van der Waals surface area contributed by atoms with Gasteiger partial charge < -0.3 is 20.7 Å². The van der Waals surface area contributed by atoms with Gasteiger partial charge in [-0.2, -0.15) is 9.97 Å². The van der Waals surface area contributed by atoms with Gasteiger partial charge in [-0.15, -0.1) is 0 Å². The Bertz CT molecular complexity index is 1460. The molecule has 0 amide bonds. The molecule has 3 heterocycles. The predicted molar refractivity (Wildman–Crippen MR) is 141 cm³/mol. The summed E-state index contributed by atoms with van der Waals surface area (Å²) in [4.78, 5) is 13.2. The molecule has 5 rings (SSSR count). The Hall–Kier alpha value is -3.83. The average Bonchev–Trinajstić information content (AvgIpc) is 3.36. The molecule has 0 saturated heterocycles. The number of benzene rings is 2. The quantitative estimate of drug-likeness (QED) is 0.339. The summed E-state index contributed by atoms with van der Waals surface area (Å²) in [5.74, 6) is 1.68. The Morgan fingerprint density at radius 1 is 1.14 bits per heavy atom. The maximum Gasteiger partial charge on any atom is 0.263 e. The van der Waals surface area contributed by atoms with Crippen molar-refractivity contribution in [1.82, 2.24) is 20.1 Å². The van der Waals surface area contributed by atoms with Crippen molar-refractivity contribution in [2.75, 3.05) is 23.4 Å². The van der Waals surface area contributed by atoms with Crippen LogP contribution in [-0.2, 0) is 22.7 Å². The van der Waals surface area contributed by atoms with E-state index in [1.54, 1.807) is 12.1 Å². The molecule has 1 aliphatic rings. The highest BCUT2D eigenvalue weighted by atomic mass is 32.2. The molecule has 0 atom stereocenters. The number of nitrogens with two attached hydrogens (primary N) is 1. The first-order valence-electron chi connectivity index (χ1n) is 12.0. The number of aliphatic hydroxyl groups excluding tert-OH is 1. The minimum atomic E-state index is -3.18. The first-order chi connectivity index (χ1) is 17.8. The summed E-state index contributed by atoms with van der Waals surface area (Å²) in [6, 6.07) is 15.1. The van der Waals surface area contributed by atoms with Crippen molar-refractivity contribution in [2.45, 2.75) is 43.9 Å². The van der Waals surface area contributed by atoms with Crippen LogP contribution in [0.25, 0.3) is 11.5 Å². The molecule has 0 unspecified atom stereocenters. The minimum absolute atomic E-state index is 0.133. The van der Waals surface area contributed by atoms with Crippen molar-refractivity contribution in [3.05, 3.63) is 71.7 Å². The first-order valence-corrected chi connectivity index (χ1v) is 13.7. The number of sulfone groups is 1. The number of hydrogen-bond donors (Lipinski definition) is 3.